The van der Waals surface area contributed by atoms with Gasteiger partial charge < -0.3 is 4.90 Å². The molecule has 1 atom stereocenters. The number of carbonyl (C=O) groups excluding carboxylic acids is 1. The number of hydrogen-bond donors (Lipinski definition) is 0. The van der Waals surface area contributed by atoms with Gasteiger partial charge in [-0.3, -0.25) is 14.3 Å². The lowest BCUT2D eigenvalue weighted by molar-refractivity contribution is -0.132. The van der Waals surface area contributed by atoms with Crippen LogP contribution in [0.25, 0.3) is 21.1 Å². The standard InChI is InChI=1S/C22H20N4O2S/c27-19-14-23-26(17-8-3-1-6-15(17)19)13-11-21(28)25-12-5-9-18(25)22-24-16-7-2-4-10-20(16)29-22/h1-4,6-8,10,14,18H,5,9,11-13H2. The van der Waals surface area contributed by atoms with Crippen LogP contribution >= 0.6 is 11.3 Å². The molecule has 0 spiro atoms. The van der Waals surface area contributed by atoms with Gasteiger partial charge in [-0.05, 0) is 37.1 Å². The van der Waals surface area contributed by atoms with Gasteiger partial charge in [0.15, 0.2) is 0 Å². The maximum atomic E-state index is 13.0. The molecule has 2 aromatic heterocycles. The molecule has 0 aliphatic carbocycles. The molecule has 0 radical (unpaired) electrons. The molecule has 1 unspecified atom stereocenters. The third-order valence-electron chi connectivity index (χ3n) is 5.47. The summed E-state index contributed by atoms with van der Waals surface area (Å²) in [7, 11) is 0. The Labute approximate surface area is 171 Å². The van der Waals surface area contributed by atoms with Crippen molar-refractivity contribution in [1.82, 2.24) is 19.7 Å². The van der Waals surface area contributed by atoms with Gasteiger partial charge in [-0.1, -0.05) is 24.3 Å². The number of fused-ring (bicyclic) bond motifs is 2. The van der Waals surface area contributed by atoms with E-state index in [4.69, 9.17) is 4.98 Å². The van der Waals surface area contributed by atoms with Crippen molar-refractivity contribution in [3.05, 3.63) is 70.0 Å². The van der Waals surface area contributed by atoms with Crippen LogP contribution in [-0.4, -0.2) is 32.1 Å². The minimum absolute atomic E-state index is 0.0543. The van der Waals surface area contributed by atoms with Crippen LogP contribution in [-0.2, 0) is 11.3 Å². The minimum atomic E-state index is -0.0985. The Balaban J connectivity index is 1.35. The zero-order valence-electron chi connectivity index (χ0n) is 15.8. The molecule has 1 aliphatic rings. The lowest BCUT2D eigenvalue weighted by atomic mass is 10.2. The Bertz CT molecular complexity index is 1230. The van der Waals surface area contributed by atoms with Gasteiger partial charge in [-0.15, -0.1) is 11.3 Å². The van der Waals surface area contributed by atoms with Crippen LogP contribution in [0.2, 0.25) is 0 Å². The zero-order chi connectivity index (χ0) is 19.8. The van der Waals surface area contributed by atoms with E-state index in [1.165, 1.54) is 6.20 Å². The second kappa shape index (κ2) is 7.40. The maximum Gasteiger partial charge on any atom is 0.225 e. The monoisotopic (exact) mass is 404 g/mol. The van der Waals surface area contributed by atoms with Crippen molar-refractivity contribution in [3.8, 4) is 0 Å². The number of rotatable bonds is 4. The molecule has 1 aliphatic heterocycles. The van der Waals surface area contributed by atoms with Crippen molar-refractivity contribution in [2.75, 3.05) is 6.54 Å². The van der Waals surface area contributed by atoms with E-state index in [9.17, 15) is 9.59 Å². The third kappa shape index (κ3) is 3.31. The summed E-state index contributed by atoms with van der Waals surface area (Å²) in [6, 6.07) is 15.5. The topological polar surface area (TPSA) is 68.1 Å². The smallest absolute Gasteiger partial charge is 0.225 e. The molecule has 0 bridgehead atoms. The summed E-state index contributed by atoms with van der Waals surface area (Å²) in [5.74, 6) is 0.108. The second-order valence-electron chi connectivity index (χ2n) is 7.26. The van der Waals surface area contributed by atoms with Crippen molar-refractivity contribution in [3.63, 3.8) is 0 Å². The molecule has 3 heterocycles. The molecule has 6 nitrogen and oxygen atoms in total. The summed E-state index contributed by atoms with van der Waals surface area (Å²) in [5.41, 5.74) is 1.66. The number of nitrogens with zero attached hydrogens (tertiary/aromatic N) is 4. The van der Waals surface area contributed by atoms with Crippen LogP contribution < -0.4 is 5.43 Å². The zero-order valence-corrected chi connectivity index (χ0v) is 16.6. The summed E-state index contributed by atoms with van der Waals surface area (Å²) in [6.45, 7) is 1.21. The fourth-order valence-electron chi connectivity index (χ4n) is 4.04. The van der Waals surface area contributed by atoms with Gasteiger partial charge in [0.1, 0.15) is 5.01 Å². The van der Waals surface area contributed by atoms with Crippen LogP contribution in [0.4, 0.5) is 0 Å². The summed E-state index contributed by atoms with van der Waals surface area (Å²) < 4.78 is 2.91. The normalized spacial score (nSPS) is 16.7. The Morgan fingerprint density at radius 2 is 1.97 bits per heavy atom. The van der Waals surface area contributed by atoms with E-state index >= 15 is 0 Å². The first-order valence-electron chi connectivity index (χ1n) is 9.80. The summed E-state index contributed by atoms with van der Waals surface area (Å²) in [4.78, 5) is 31.7. The molecule has 7 heteroatoms. The Morgan fingerprint density at radius 3 is 2.86 bits per heavy atom. The van der Waals surface area contributed by atoms with Crippen molar-refractivity contribution >= 4 is 38.4 Å². The highest BCUT2D eigenvalue weighted by molar-refractivity contribution is 7.18. The predicted molar refractivity (Wildman–Crippen MR) is 114 cm³/mol. The SMILES string of the molecule is O=C(CCn1ncc(=O)c2ccccc21)N1CCCC1c1nc2ccccc2s1. The predicted octanol–water partition coefficient (Wildman–Crippen LogP) is 3.76. The van der Waals surface area contributed by atoms with Gasteiger partial charge in [0.2, 0.25) is 11.3 Å². The van der Waals surface area contributed by atoms with Crippen molar-refractivity contribution in [2.45, 2.75) is 31.8 Å². The average Bonchev–Trinajstić information content (AvgIpc) is 3.40. The third-order valence-corrected chi connectivity index (χ3v) is 6.61. The van der Waals surface area contributed by atoms with Crippen LogP contribution in [0.15, 0.2) is 59.5 Å². The van der Waals surface area contributed by atoms with Gasteiger partial charge in [0, 0.05) is 18.4 Å². The van der Waals surface area contributed by atoms with Gasteiger partial charge in [-0.25, -0.2) is 4.98 Å². The second-order valence-corrected chi connectivity index (χ2v) is 8.33. The lowest BCUT2D eigenvalue weighted by Gasteiger charge is -2.23. The van der Waals surface area contributed by atoms with Crippen LogP contribution in [0.3, 0.4) is 0 Å². The minimum Gasteiger partial charge on any atom is -0.333 e. The van der Waals surface area contributed by atoms with Gasteiger partial charge in [0.05, 0.1) is 34.5 Å². The van der Waals surface area contributed by atoms with Crippen molar-refractivity contribution in [2.24, 2.45) is 0 Å². The van der Waals surface area contributed by atoms with Gasteiger partial charge >= 0.3 is 0 Å². The van der Waals surface area contributed by atoms with E-state index in [1.54, 1.807) is 22.1 Å². The largest absolute Gasteiger partial charge is 0.333 e. The number of benzene rings is 2. The molecule has 1 saturated heterocycles. The fourth-order valence-corrected chi connectivity index (χ4v) is 5.15. The lowest BCUT2D eigenvalue weighted by Crippen LogP contribution is -2.31. The number of aryl methyl sites for hydroxylation is 1. The first-order chi connectivity index (χ1) is 14.2. The van der Waals surface area contributed by atoms with Crippen molar-refractivity contribution in [1.29, 1.82) is 0 Å². The van der Waals surface area contributed by atoms with Crippen molar-refractivity contribution < 1.29 is 4.79 Å². The highest BCUT2D eigenvalue weighted by Crippen LogP contribution is 2.36. The average molecular weight is 404 g/mol. The summed E-state index contributed by atoms with van der Waals surface area (Å²) in [5, 5.41) is 5.88. The molecular weight excluding hydrogens is 384 g/mol. The number of thiazole rings is 1. The molecule has 1 fully saturated rings. The highest BCUT2D eigenvalue weighted by atomic mass is 32.1. The number of aromatic nitrogens is 3. The molecule has 0 N–H and O–H groups in total. The van der Waals surface area contributed by atoms with Gasteiger partial charge in [0.25, 0.3) is 0 Å². The Kier molecular flexibility index (Phi) is 4.60. The highest BCUT2D eigenvalue weighted by Gasteiger charge is 2.32. The number of hydrogen-bond acceptors (Lipinski definition) is 5. The fraction of sp³-hybridized carbons (Fsp3) is 0.273. The molecule has 5 rings (SSSR count). The summed E-state index contributed by atoms with van der Waals surface area (Å²) in [6.07, 6.45) is 3.62. The van der Waals surface area contributed by atoms with E-state index in [-0.39, 0.29) is 17.4 Å². The molecule has 0 saturated carbocycles. The van der Waals surface area contributed by atoms with E-state index in [2.05, 4.69) is 11.2 Å². The van der Waals surface area contributed by atoms with Crippen LogP contribution in [0.1, 0.15) is 30.3 Å². The first kappa shape index (κ1) is 18.0. The number of carbonyl (C=O) groups is 1. The molecule has 146 valence electrons. The maximum absolute atomic E-state index is 13.0. The molecule has 29 heavy (non-hydrogen) atoms. The molecular formula is C22H20N4O2S. The molecule has 1 amide bonds. The van der Waals surface area contributed by atoms with E-state index < -0.39 is 0 Å². The van der Waals surface area contributed by atoms with Crippen LogP contribution in [0, 0.1) is 0 Å². The van der Waals surface area contributed by atoms with E-state index in [0.717, 1.165) is 40.1 Å². The number of para-hydroxylation sites is 2. The van der Waals surface area contributed by atoms with Crippen LogP contribution in [0.5, 0.6) is 0 Å². The summed E-state index contributed by atoms with van der Waals surface area (Å²) >= 11 is 1.68. The van der Waals surface area contributed by atoms with E-state index in [1.807, 2.05) is 41.3 Å². The number of amides is 1. The molecule has 2 aromatic carbocycles. The first-order valence-corrected chi connectivity index (χ1v) is 10.6. The Morgan fingerprint density at radius 1 is 1.14 bits per heavy atom. The van der Waals surface area contributed by atoms with E-state index in [0.29, 0.717) is 18.4 Å². The number of likely N-dealkylation sites (tertiary alicyclic amines) is 1. The quantitative estimate of drug-likeness (QED) is 0.519. The van der Waals surface area contributed by atoms with Gasteiger partial charge in [-0.2, -0.15) is 5.10 Å². The Hall–Kier alpha value is -3.06. The molecule has 4 aromatic rings.